The minimum atomic E-state index is -0.464. The number of hydrogen-bond acceptors (Lipinski definition) is 5. The summed E-state index contributed by atoms with van der Waals surface area (Å²) in [5.74, 6) is 0.286. The molecule has 2 rings (SSSR count). The van der Waals surface area contributed by atoms with Gasteiger partial charge in [-0.2, -0.15) is 0 Å². The van der Waals surface area contributed by atoms with Gasteiger partial charge < -0.3 is 14.8 Å². The van der Waals surface area contributed by atoms with Crippen molar-refractivity contribution < 1.29 is 19.1 Å². The molecule has 1 aliphatic rings. The number of nitrogens with one attached hydrogen (secondary N) is 1. The van der Waals surface area contributed by atoms with Gasteiger partial charge in [0.25, 0.3) is 0 Å². The van der Waals surface area contributed by atoms with Gasteiger partial charge in [-0.3, -0.25) is 4.79 Å². The van der Waals surface area contributed by atoms with Gasteiger partial charge in [0.2, 0.25) is 5.91 Å². The number of hydrogen-bond donors (Lipinski definition) is 1. The zero-order chi connectivity index (χ0) is 16.5. The van der Waals surface area contributed by atoms with Gasteiger partial charge in [-0.15, -0.1) is 0 Å². The van der Waals surface area contributed by atoms with Crippen molar-refractivity contribution in [2.75, 3.05) is 20.3 Å². The second kappa shape index (κ2) is 9.25. The number of pyridine rings is 1. The highest BCUT2D eigenvalue weighted by Gasteiger charge is 2.14. The number of amides is 1. The average Bonchev–Trinajstić information content (AvgIpc) is 2.60. The lowest BCUT2D eigenvalue weighted by molar-refractivity contribution is -0.121. The van der Waals surface area contributed by atoms with E-state index in [4.69, 9.17) is 4.74 Å². The van der Waals surface area contributed by atoms with Crippen molar-refractivity contribution in [2.45, 2.75) is 38.6 Å². The molecular formula is C17H24N2O4. The lowest BCUT2D eigenvalue weighted by atomic mass is 9.94. The highest BCUT2D eigenvalue weighted by molar-refractivity contribution is 5.87. The summed E-state index contributed by atoms with van der Waals surface area (Å²) >= 11 is 0. The second-order valence-electron chi connectivity index (χ2n) is 5.77. The maximum absolute atomic E-state index is 11.8. The summed E-state index contributed by atoms with van der Waals surface area (Å²) < 4.78 is 9.92. The number of aromatic nitrogens is 1. The summed E-state index contributed by atoms with van der Waals surface area (Å²) in [6, 6.07) is 3.36. The van der Waals surface area contributed by atoms with Crippen molar-refractivity contribution in [3.05, 3.63) is 29.6 Å². The number of carbonyl (C=O) groups is 2. The molecule has 0 bridgehead atoms. The molecule has 0 aromatic carbocycles. The van der Waals surface area contributed by atoms with Crippen LogP contribution in [0.15, 0.2) is 18.3 Å². The predicted octanol–water partition coefficient (Wildman–Crippen LogP) is 2.08. The molecule has 126 valence electrons. The van der Waals surface area contributed by atoms with Gasteiger partial charge in [0.05, 0.1) is 7.11 Å². The first-order chi connectivity index (χ1) is 11.2. The lowest BCUT2D eigenvalue weighted by Gasteiger charge is -2.21. The molecule has 1 aliphatic heterocycles. The SMILES string of the molecule is COC(=O)c1ccc(CNC(=O)CCCC2CCOCC2)cn1. The van der Waals surface area contributed by atoms with Gasteiger partial charge in [-0.05, 0) is 43.2 Å². The molecule has 0 unspecified atom stereocenters. The molecular weight excluding hydrogens is 296 g/mol. The molecule has 0 radical (unpaired) electrons. The Morgan fingerprint density at radius 3 is 2.78 bits per heavy atom. The Labute approximate surface area is 136 Å². The van der Waals surface area contributed by atoms with Crippen LogP contribution in [0.5, 0.6) is 0 Å². The van der Waals surface area contributed by atoms with Crippen LogP contribution in [0, 0.1) is 5.92 Å². The maximum Gasteiger partial charge on any atom is 0.356 e. The summed E-state index contributed by atoms with van der Waals surface area (Å²) in [4.78, 5) is 27.1. The Balaban J connectivity index is 1.64. The number of carbonyl (C=O) groups excluding carboxylic acids is 2. The summed E-state index contributed by atoms with van der Waals surface area (Å²) in [5, 5.41) is 2.88. The largest absolute Gasteiger partial charge is 0.464 e. The standard InChI is InChI=1S/C17H24N2O4/c1-22-17(21)15-6-5-14(11-18-15)12-19-16(20)4-2-3-13-7-9-23-10-8-13/h5-6,11,13H,2-4,7-10,12H2,1H3,(H,19,20). The Hall–Kier alpha value is -1.95. The third kappa shape index (κ3) is 5.98. The first kappa shape index (κ1) is 17.4. The van der Waals surface area contributed by atoms with E-state index in [1.54, 1.807) is 18.3 Å². The number of ether oxygens (including phenoxy) is 2. The van der Waals surface area contributed by atoms with Crippen LogP contribution in [0.3, 0.4) is 0 Å². The van der Waals surface area contributed by atoms with E-state index in [-0.39, 0.29) is 11.6 Å². The van der Waals surface area contributed by atoms with Crippen LogP contribution < -0.4 is 5.32 Å². The summed E-state index contributed by atoms with van der Waals surface area (Å²) in [6.07, 6.45) is 6.35. The van der Waals surface area contributed by atoms with Crippen LogP contribution in [0.2, 0.25) is 0 Å². The van der Waals surface area contributed by atoms with E-state index in [0.29, 0.717) is 18.9 Å². The molecule has 0 atom stereocenters. The van der Waals surface area contributed by atoms with Gasteiger partial charge in [-0.1, -0.05) is 6.07 Å². The van der Waals surface area contributed by atoms with Crippen LogP contribution in [0.1, 0.15) is 48.2 Å². The molecule has 2 heterocycles. The molecule has 1 amide bonds. The Morgan fingerprint density at radius 1 is 1.35 bits per heavy atom. The van der Waals surface area contributed by atoms with Gasteiger partial charge >= 0.3 is 5.97 Å². The fourth-order valence-corrected chi connectivity index (χ4v) is 2.63. The van der Waals surface area contributed by atoms with Crippen LogP contribution in [-0.4, -0.2) is 37.2 Å². The zero-order valence-corrected chi connectivity index (χ0v) is 13.5. The van der Waals surface area contributed by atoms with Crippen molar-refractivity contribution in [1.29, 1.82) is 0 Å². The Bertz CT molecular complexity index is 510. The van der Waals surface area contributed by atoms with Gasteiger partial charge in [0.1, 0.15) is 5.69 Å². The molecule has 0 saturated carbocycles. The van der Waals surface area contributed by atoms with Crippen LogP contribution in [-0.2, 0) is 20.8 Å². The van der Waals surface area contributed by atoms with Crippen molar-refractivity contribution in [3.63, 3.8) is 0 Å². The summed E-state index contributed by atoms with van der Waals surface area (Å²) in [6.45, 7) is 2.13. The molecule has 6 nitrogen and oxygen atoms in total. The predicted molar refractivity (Wildman–Crippen MR) is 84.8 cm³/mol. The highest BCUT2D eigenvalue weighted by Crippen LogP contribution is 2.20. The topological polar surface area (TPSA) is 77.5 Å². The van der Waals surface area contributed by atoms with E-state index < -0.39 is 5.97 Å². The normalized spacial score (nSPS) is 15.2. The molecule has 0 spiro atoms. The second-order valence-corrected chi connectivity index (χ2v) is 5.77. The molecule has 1 N–H and O–H groups in total. The highest BCUT2D eigenvalue weighted by atomic mass is 16.5. The summed E-state index contributed by atoms with van der Waals surface area (Å²) in [7, 11) is 1.32. The van der Waals surface area contributed by atoms with E-state index in [1.807, 2.05) is 0 Å². The quantitative estimate of drug-likeness (QED) is 0.778. The lowest BCUT2D eigenvalue weighted by Crippen LogP contribution is -2.23. The van der Waals surface area contributed by atoms with Crippen LogP contribution >= 0.6 is 0 Å². The molecule has 1 aromatic rings. The first-order valence-electron chi connectivity index (χ1n) is 8.06. The smallest absolute Gasteiger partial charge is 0.356 e. The first-order valence-corrected chi connectivity index (χ1v) is 8.06. The third-order valence-electron chi connectivity index (χ3n) is 4.07. The number of rotatable bonds is 7. The Kier molecular flexibility index (Phi) is 7.00. The molecule has 6 heteroatoms. The number of nitrogens with zero attached hydrogens (tertiary/aromatic N) is 1. The fraction of sp³-hybridized carbons (Fsp3) is 0.588. The third-order valence-corrected chi connectivity index (χ3v) is 4.07. The van der Waals surface area contributed by atoms with Crippen molar-refractivity contribution in [1.82, 2.24) is 10.3 Å². The molecule has 1 fully saturated rings. The van der Waals surface area contributed by atoms with E-state index in [0.717, 1.165) is 44.5 Å². The van der Waals surface area contributed by atoms with E-state index in [2.05, 4.69) is 15.0 Å². The van der Waals surface area contributed by atoms with E-state index >= 15 is 0 Å². The van der Waals surface area contributed by atoms with Gasteiger partial charge in [-0.25, -0.2) is 9.78 Å². The molecule has 1 aromatic heterocycles. The monoisotopic (exact) mass is 320 g/mol. The fourth-order valence-electron chi connectivity index (χ4n) is 2.63. The average molecular weight is 320 g/mol. The van der Waals surface area contributed by atoms with Gasteiger partial charge in [0, 0.05) is 32.4 Å². The molecule has 23 heavy (non-hydrogen) atoms. The van der Waals surface area contributed by atoms with Crippen molar-refractivity contribution in [2.24, 2.45) is 5.92 Å². The summed E-state index contributed by atoms with van der Waals surface area (Å²) in [5.41, 5.74) is 1.12. The number of methoxy groups -OCH3 is 1. The van der Waals surface area contributed by atoms with Crippen LogP contribution in [0.4, 0.5) is 0 Å². The van der Waals surface area contributed by atoms with E-state index in [1.165, 1.54) is 7.11 Å². The maximum atomic E-state index is 11.8. The minimum Gasteiger partial charge on any atom is -0.464 e. The number of esters is 1. The molecule has 0 aliphatic carbocycles. The van der Waals surface area contributed by atoms with Gasteiger partial charge in [0.15, 0.2) is 0 Å². The minimum absolute atomic E-state index is 0.0501. The zero-order valence-electron chi connectivity index (χ0n) is 13.5. The van der Waals surface area contributed by atoms with Crippen molar-refractivity contribution in [3.8, 4) is 0 Å². The Morgan fingerprint density at radius 2 is 2.13 bits per heavy atom. The van der Waals surface area contributed by atoms with Crippen molar-refractivity contribution >= 4 is 11.9 Å². The van der Waals surface area contributed by atoms with Crippen LogP contribution in [0.25, 0.3) is 0 Å². The van der Waals surface area contributed by atoms with E-state index in [9.17, 15) is 9.59 Å². The molecule has 1 saturated heterocycles.